The highest BCUT2D eigenvalue weighted by molar-refractivity contribution is 5.87. The van der Waals surface area contributed by atoms with E-state index in [1.165, 1.54) is 89.0 Å². The number of rotatable bonds is 11. The van der Waals surface area contributed by atoms with E-state index in [1.807, 2.05) is 6.08 Å². The van der Waals surface area contributed by atoms with Crippen molar-refractivity contribution in [3.8, 4) is 44.5 Å². The Hall–Kier alpha value is -9.44. The fourth-order valence-electron chi connectivity index (χ4n) is 13.5. The number of hydrogen-bond acceptors (Lipinski definition) is 3. The molecule has 3 atom stereocenters. The second kappa shape index (κ2) is 19.5. The van der Waals surface area contributed by atoms with Crippen molar-refractivity contribution in [1.82, 2.24) is 0 Å². The third kappa shape index (κ3) is 8.36. The summed E-state index contributed by atoms with van der Waals surface area (Å²) in [5.41, 5.74) is 25.0. The molecular formula is C76H60N2O. The zero-order valence-electron chi connectivity index (χ0n) is 44.5. The fourth-order valence-corrected chi connectivity index (χ4v) is 13.5. The van der Waals surface area contributed by atoms with Crippen LogP contribution in [-0.2, 0) is 10.8 Å². The quantitative estimate of drug-likeness (QED) is 0.136. The Kier molecular flexibility index (Phi) is 11.9. The third-order valence-corrected chi connectivity index (χ3v) is 17.4. The normalized spacial score (nSPS) is 18.3. The van der Waals surface area contributed by atoms with Crippen molar-refractivity contribution in [1.29, 1.82) is 0 Å². The van der Waals surface area contributed by atoms with Crippen LogP contribution in [0.5, 0.6) is 0 Å². The molecule has 0 spiro atoms. The minimum atomic E-state index is -0.485. The number of nitrogens with one attached hydrogen (secondary N) is 1. The van der Waals surface area contributed by atoms with Crippen LogP contribution in [0.25, 0.3) is 50.1 Å². The van der Waals surface area contributed by atoms with Crippen LogP contribution in [-0.4, -0.2) is 5.11 Å². The average Bonchev–Trinajstić information content (AvgIpc) is 3.94. The van der Waals surface area contributed by atoms with Gasteiger partial charge >= 0.3 is 0 Å². The zero-order chi connectivity index (χ0) is 53.1. The van der Waals surface area contributed by atoms with Gasteiger partial charge in [-0.1, -0.05) is 226 Å². The minimum Gasteiger partial charge on any atom is -0.512 e. The molecular weight excluding hydrogens is 957 g/mol. The van der Waals surface area contributed by atoms with Crippen molar-refractivity contribution in [2.75, 3.05) is 10.2 Å². The van der Waals surface area contributed by atoms with E-state index in [2.05, 4.69) is 297 Å². The Morgan fingerprint density at radius 1 is 0.443 bits per heavy atom. The van der Waals surface area contributed by atoms with Crippen molar-refractivity contribution in [2.24, 2.45) is 5.92 Å². The number of allylic oxidation sites excluding steroid dienone is 8. The fraction of sp³-hybridized carbons (Fsp3) is 0.105. The third-order valence-electron chi connectivity index (χ3n) is 17.4. The smallest absolute Gasteiger partial charge is 0.0925 e. The maximum absolute atomic E-state index is 10.9. The van der Waals surface area contributed by atoms with Gasteiger partial charge in [0.2, 0.25) is 0 Å². The van der Waals surface area contributed by atoms with E-state index >= 15 is 0 Å². The van der Waals surface area contributed by atoms with Crippen molar-refractivity contribution in [3.05, 3.63) is 324 Å². The highest BCUT2D eigenvalue weighted by Crippen LogP contribution is 2.62. The van der Waals surface area contributed by atoms with Crippen molar-refractivity contribution in [2.45, 2.75) is 43.4 Å². The number of hydrogen-bond donors (Lipinski definition) is 2. The van der Waals surface area contributed by atoms with E-state index in [-0.39, 0.29) is 17.3 Å². The first-order valence-corrected chi connectivity index (χ1v) is 27.8. The summed E-state index contributed by atoms with van der Waals surface area (Å²) in [4.78, 5) is 2.41. The molecule has 3 nitrogen and oxygen atoms in total. The number of anilines is 5. The summed E-state index contributed by atoms with van der Waals surface area (Å²) in [6.45, 7) is 4.71. The lowest BCUT2D eigenvalue weighted by molar-refractivity contribution is 0.372. The first-order chi connectivity index (χ1) is 38.8. The van der Waals surface area contributed by atoms with Crippen LogP contribution in [0.4, 0.5) is 28.4 Å². The number of aliphatic hydroxyl groups excluding tert-OH is 1. The second-order valence-electron chi connectivity index (χ2n) is 22.2. The van der Waals surface area contributed by atoms with Gasteiger partial charge in [0, 0.05) is 57.5 Å². The molecule has 4 aliphatic rings. The molecule has 380 valence electrons. The van der Waals surface area contributed by atoms with Gasteiger partial charge in [-0.05, 0) is 163 Å². The molecule has 0 fully saturated rings. The van der Waals surface area contributed by atoms with Gasteiger partial charge < -0.3 is 15.3 Å². The number of benzene rings is 10. The summed E-state index contributed by atoms with van der Waals surface area (Å²) in [6, 6.07) is 91.1. The van der Waals surface area contributed by atoms with E-state index < -0.39 is 5.41 Å². The van der Waals surface area contributed by atoms with E-state index in [9.17, 15) is 5.11 Å². The lowest BCUT2D eigenvalue weighted by Crippen LogP contribution is -2.36. The summed E-state index contributed by atoms with van der Waals surface area (Å²) in [5, 5.41) is 14.5. The lowest BCUT2D eigenvalue weighted by Gasteiger charge is -2.42. The summed E-state index contributed by atoms with van der Waals surface area (Å²) >= 11 is 0. The van der Waals surface area contributed by atoms with Crippen LogP contribution in [0, 0.1) is 5.92 Å². The Labute approximate surface area is 464 Å². The zero-order valence-corrected chi connectivity index (χ0v) is 44.5. The van der Waals surface area contributed by atoms with E-state index in [1.54, 1.807) is 0 Å². The predicted molar refractivity (Wildman–Crippen MR) is 330 cm³/mol. The molecule has 10 aromatic carbocycles. The van der Waals surface area contributed by atoms with E-state index in [0.717, 1.165) is 34.9 Å². The monoisotopic (exact) mass is 1020 g/mol. The maximum Gasteiger partial charge on any atom is 0.0925 e. The molecule has 2 N–H and O–H groups in total. The SMILES string of the molecule is CC1(C)c2ccccc2-c2ccc(N(c3ccc(C4=CC5C(C=C4)c4ccc(-c6ccc(Nc7ccc(-c8ccccc8)cc7)cc6)cc4C5(C4=CC=C(O)CC4)c4ccccc4)cc3)c3ccc(-c4ccccc4)cc3)cc21. The summed E-state index contributed by atoms with van der Waals surface area (Å²) < 4.78 is 0. The molecule has 79 heavy (non-hydrogen) atoms. The van der Waals surface area contributed by atoms with Gasteiger partial charge in [0.15, 0.2) is 0 Å². The van der Waals surface area contributed by atoms with Gasteiger partial charge in [0.25, 0.3) is 0 Å². The van der Waals surface area contributed by atoms with Gasteiger partial charge in [-0.3, -0.25) is 0 Å². The molecule has 0 saturated carbocycles. The van der Waals surface area contributed by atoms with Crippen LogP contribution < -0.4 is 10.2 Å². The molecule has 3 heteroatoms. The highest BCUT2D eigenvalue weighted by atomic mass is 16.3. The molecule has 0 aliphatic heterocycles. The molecule has 10 aromatic rings. The largest absolute Gasteiger partial charge is 0.512 e. The molecule has 0 heterocycles. The van der Waals surface area contributed by atoms with Crippen LogP contribution >= 0.6 is 0 Å². The van der Waals surface area contributed by atoms with Crippen LogP contribution in [0.1, 0.15) is 66.0 Å². The molecule has 14 rings (SSSR count). The number of aliphatic hydroxyl groups is 1. The average molecular weight is 1020 g/mol. The van der Waals surface area contributed by atoms with Crippen LogP contribution in [0.2, 0.25) is 0 Å². The van der Waals surface area contributed by atoms with Crippen molar-refractivity contribution in [3.63, 3.8) is 0 Å². The summed E-state index contributed by atoms with van der Waals surface area (Å²) in [6.07, 6.45) is 12.9. The molecule has 4 aliphatic carbocycles. The molecule has 0 radical (unpaired) electrons. The minimum absolute atomic E-state index is 0.0816. The molecule has 0 aromatic heterocycles. The predicted octanol–water partition coefficient (Wildman–Crippen LogP) is 20.0. The van der Waals surface area contributed by atoms with Gasteiger partial charge in [-0.25, -0.2) is 0 Å². The van der Waals surface area contributed by atoms with E-state index in [0.29, 0.717) is 12.2 Å². The topological polar surface area (TPSA) is 35.5 Å². The first kappa shape index (κ1) is 48.0. The first-order valence-electron chi connectivity index (χ1n) is 27.8. The van der Waals surface area contributed by atoms with Crippen molar-refractivity contribution >= 4 is 34.0 Å². The highest BCUT2D eigenvalue weighted by Gasteiger charge is 2.54. The standard InChI is InChI=1S/C76H60N2O/c1-75(2)71-21-13-12-20-67(71)68-47-42-65(50-72(68)75)78(63-38-26-54(27-39-63)52-16-8-4-9-17-52)64-40-28-56(29-41-64)58-31-46-70-69-45-30-57(55-24-36-62(37-25-55)77-61-34-22-53(23-35-61)51-14-6-3-7-15-51)48-73(69)76(74(70)49-58,59-18-10-5-11-19-59)60-32-43-66(79)44-33-60/h3-32,34-43,45-50,70,74,77,79H,33,44H2,1-2H3. The number of nitrogens with zero attached hydrogens (tertiary/aromatic N) is 1. The van der Waals surface area contributed by atoms with Gasteiger partial charge in [-0.15, -0.1) is 0 Å². The maximum atomic E-state index is 10.9. The molecule has 0 amide bonds. The second-order valence-corrected chi connectivity index (χ2v) is 22.2. The lowest BCUT2D eigenvalue weighted by atomic mass is 9.60. The van der Waals surface area contributed by atoms with Gasteiger partial charge in [0.1, 0.15) is 0 Å². The van der Waals surface area contributed by atoms with Crippen molar-refractivity contribution < 1.29 is 5.11 Å². The van der Waals surface area contributed by atoms with Crippen LogP contribution in [0.15, 0.2) is 290 Å². The summed E-state index contributed by atoms with van der Waals surface area (Å²) in [7, 11) is 0. The molecule has 3 unspecified atom stereocenters. The van der Waals surface area contributed by atoms with Gasteiger partial charge in [-0.2, -0.15) is 0 Å². The van der Waals surface area contributed by atoms with Crippen LogP contribution in [0.3, 0.4) is 0 Å². The summed E-state index contributed by atoms with van der Waals surface area (Å²) in [5.74, 6) is 0.668. The Bertz CT molecular complexity index is 4040. The Morgan fingerprint density at radius 2 is 0.962 bits per heavy atom. The van der Waals surface area contributed by atoms with Gasteiger partial charge in [0.05, 0.1) is 5.76 Å². The number of fused-ring (bicyclic) bond motifs is 6. The Morgan fingerprint density at radius 3 is 1.58 bits per heavy atom. The molecule has 0 saturated heterocycles. The van der Waals surface area contributed by atoms with E-state index in [4.69, 9.17) is 0 Å². The molecule has 0 bridgehead atoms. The Balaban J connectivity index is 0.825.